The van der Waals surface area contributed by atoms with Crippen molar-refractivity contribution in [2.24, 2.45) is 5.92 Å². The maximum absolute atomic E-state index is 9.40. The normalized spacial score (nSPS) is 24.9. The highest BCUT2D eigenvalue weighted by molar-refractivity contribution is 6.35. The summed E-state index contributed by atoms with van der Waals surface area (Å²) in [6.07, 6.45) is 5.54. The highest BCUT2D eigenvalue weighted by Crippen LogP contribution is 2.51. The second kappa shape index (κ2) is 5.86. The Kier molecular flexibility index (Phi) is 3.84. The summed E-state index contributed by atoms with van der Waals surface area (Å²) in [5.74, 6) is 0.782. The first-order valence-electron chi connectivity index (χ1n) is 7.79. The monoisotopic (exact) mass is 345 g/mol. The molecule has 1 heterocycles. The van der Waals surface area contributed by atoms with E-state index in [-0.39, 0.29) is 12.6 Å². The molecule has 4 rings (SSSR count). The Hall–Kier alpha value is -1.48. The Morgan fingerprint density at radius 2 is 1.96 bits per heavy atom. The van der Waals surface area contributed by atoms with Crippen LogP contribution in [0.15, 0.2) is 48.6 Å². The van der Waals surface area contributed by atoms with Crippen LogP contribution in [0.5, 0.6) is 0 Å². The van der Waals surface area contributed by atoms with E-state index in [1.165, 1.54) is 5.56 Å². The Balaban J connectivity index is 1.79. The van der Waals surface area contributed by atoms with E-state index >= 15 is 0 Å². The minimum absolute atomic E-state index is 0.0703. The lowest BCUT2D eigenvalue weighted by molar-refractivity contribution is 0.281. The molecule has 1 aliphatic carbocycles. The van der Waals surface area contributed by atoms with Crippen LogP contribution in [-0.2, 0) is 6.61 Å². The molecule has 4 heteroatoms. The quantitative estimate of drug-likeness (QED) is 0.722. The maximum Gasteiger partial charge on any atom is 0.0681 e. The molecule has 118 valence electrons. The highest BCUT2D eigenvalue weighted by atomic mass is 35.5. The number of benzene rings is 2. The van der Waals surface area contributed by atoms with Gasteiger partial charge in [-0.2, -0.15) is 0 Å². The summed E-state index contributed by atoms with van der Waals surface area (Å²) >= 11 is 12.5. The molecule has 0 spiro atoms. The van der Waals surface area contributed by atoms with E-state index in [9.17, 15) is 5.11 Å². The van der Waals surface area contributed by atoms with Gasteiger partial charge in [0, 0.05) is 21.7 Å². The largest absolute Gasteiger partial charge is 0.392 e. The number of nitrogens with one attached hydrogen (secondary N) is 1. The zero-order valence-corrected chi connectivity index (χ0v) is 14.0. The van der Waals surface area contributed by atoms with Crippen LogP contribution >= 0.6 is 23.2 Å². The number of rotatable bonds is 2. The van der Waals surface area contributed by atoms with Gasteiger partial charge in [-0.3, -0.25) is 0 Å². The first-order valence-corrected chi connectivity index (χ1v) is 8.55. The third-order valence-corrected chi connectivity index (χ3v) is 5.47. The van der Waals surface area contributed by atoms with E-state index in [4.69, 9.17) is 23.2 Å². The van der Waals surface area contributed by atoms with Gasteiger partial charge in [0.05, 0.1) is 12.6 Å². The van der Waals surface area contributed by atoms with Crippen LogP contribution < -0.4 is 5.32 Å². The van der Waals surface area contributed by atoms with Gasteiger partial charge in [0.25, 0.3) is 0 Å². The molecule has 2 N–H and O–H groups in total. The van der Waals surface area contributed by atoms with Crippen LogP contribution in [0, 0.1) is 5.92 Å². The van der Waals surface area contributed by atoms with Gasteiger partial charge in [-0.1, -0.05) is 53.6 Å². The number of halogens is 2. The fourth-order valence-electron chi connectivity index (χ4n) is 3.80. The van der Waals surface area contributed by atoms with Gasteiger partial charge < -0.3 is 10.4 Å². The van der Waals surface area contributed by atoms with Gasteiger partial charge in [0.2, 0.25) is 0 Å². The molecule has 0 fully saturated rings. The Morgan fingerprint density at radius 3 is 2.74 bits per heavy atom. The average molecular weight is 346 g/mol. The molecule has 0 bridgehead atoms. The van der Waals surface area contributed by atoms with Crippen molar-refractivity contribution >= 4 is 28.9 Å². The Bertz CT molecular complexity index is 787. The van der Waals surface area contributed by atoms with Crippen molar-refractivity contribution in [1.82, 2.24) is 0 Å². The molecule has 23 heavy (non-hydrogen) atoms. The number of aliphatic hydroxyl groups is 1. The summed E-state index contributed by atoms with van der Waals surface area (Å²) in [6, 6.07) is 12.0. The van der Waals surface area contributed by atoms with Gasteiger partial charge in [-0.05, 0) is 47.2 Å². The molecule has 1 aliphatic heterocycles. The minimum atomic E-state index is 0.0703. The summed E-state index contributed by atoms with van der Waals surface area (Å²) < 4.78 is 0. The molecule has 0 aromatic heterocycles. The van der Waals surface area contributed by atoms with E-state index in [1.54, 1.807) is 0 Å². The zero-order chi connectivity index (χ0) is 16.0. The van der Waals surface area contributed by atoms with Crippen LogP contribution in [0.2, 0.25) is 10.0 Å². The molecule has 0 amide bonds. The van der Waals surface area contributed by atoms with Crippen molar-refractivity contribution in [3.63, 3.8) is 0 Å². The van der Waals surface area contributed by atoms with Crippen molar-refractivity contribution < 1.29 is 5.11 Å². The average Bonchev–Trinajstić information content (AvgIpc) is 3.04. The maximum atomic E-state index is 9.40. The molecular formula is C19H17Cl2NO. The second-order valence-corrected chi connectivity index (χ2v) is 7.06. The smallest absolute Gasteiger partial charge is 0.0681 e. The molecule has 3 unspecified atom stereocenters. The lowest BCUT2D eigenvalue weighted by atomic mass is 9.76. The lowest BCUT2D eigenvalue weighted by Crippen LogP contribution is -2.29. The highest BCUT2D eigenvalue weighted by Gasteiger charge is 2.38. The number of hydrogen-bond acceptors (Lipinski definition) is 2. The lowest BCUT2D eigenvalue weighted by Gasteiger charge is -2.38. The Morgan fingerprint density at radius 1 is 1.09 bits per heavy atom. The minimum Gasteiger partial charge on any atom is -0.392 e. The summed E-state index contributed by atoms with van der Waals surface area (Å²) in [4.78, 5) is 0. The number of aliphatic hydroxyl groups excluding tert-OH is 1. The topological polar surface area (TPSA) is 32.3 Å². The number of anilines is 1. The molecule has 0 radical (unpaired) electrons. The summed E-state index contributed by atoms with van der Waals surface area (Å²) in [5.41, 5.74) is 4.42. The molecule has 2 nitrogen and oxygen atoms in total. The fourth-order valence-corrected chi connectivity index (χ4v) is 4.33. The summed E-state index contributed by atoms with van der Waals surface area (Å²) in [5, 5.41) is 14.4. The van der Waals surface area contributed by atoms with Crippen molar-refractivity contribution in [3.8, 4) is 0 Å². The van der Waals surface area contributed by atoms with Gasteiger partial charge in [-0.25, -0.2) is 0 Å². The van der Waals surface area contributed by atoms with Crippen molar-refractivity contribution in [2.45, 2.75) is 25.0 Å². The van der Waals surface area contributed by atoms with Gasteiger partial charge in [-0.15, -0.1) is 0 Å². The number of allylic oxidation sites excluding steroid dienone is 2. The van der Waals surface area contributed by atoms with Crippen molar-refractivity contribution in [3.05, 3.63) is 75.3 Å². The van der Waals surface area contributed by atoms with Gasteiger partial charge in [0.1, 0.15) is 0 Å². The molecule has 2 aliphatic rings. The van der Waals surface area contributed by atoms with E-state index in [2.05, 4.69) is 29.6 Å². The SMILES string of the molecule is OCc1ccc2c(c1)C1C=CCC1C(c1ccc(Cl)cc1Cl)N2. The van der Waals surface area contributed by atoms with Gasteiger partial charge >= 0.3 is 0 Å². The molecule has 2 aromatic rings. The molecule has 2 aromatic carbocycles. The van der Waals surface area contributed by atoms with E-state index in [0.29, 0.717) is 21.9 Å². The summed E-state index contributed by atoms with van der Waals surface area (Å²) in [7, 11) is 0. The van der Waals surface area contributed by atoms with Crippen LogP contribution in [0.1, 0.15) is 35.1 Å². The van der Waals surface area contributed by atoms with Crippen molar-refractivity contribution in [2.75, 3.05) is 5.32 Å². The van der Waals surface area contributed by atoms with Crippen LogP contribution in [0.25, 0.3) is 0 Å². The first-order chi connectivity index (χ1) is 11.2. The predicted octanol–water partition coefficient (Wildman–Crippen LogP) is 5.31. The predicted molar refractivity (Wildman–Crippen MR) is 95.2 cm³/mol. The fraction of sp³-hybridized carbons (Fsp3) is 0.263. The Labute approximate surface area is 145 Å². The van der Waals surface area contributed by atoms with Crippen LogP contribution in [0.4, 0.5) is 5.69 Å². The number of fused-ring (bicyclic) bond motifs is 3. The van der Waals surface area contributed by atoms with E-state index < -0.39 is 0 Å². The molecule has 3 atom stereocenters. The second-order valence-electron chi connectivity index (χ2n) is 6.22. The van der Waals surface area contributed by atoms with Gasteiger partial charge in [0.15, 0.2) is 0 Å². The van der Waals surface area contributed by atoms with Crippen molar-refractivity contribution in [1.29, 1.82) is 0 Å². The molecule has 0 saturated carbocycles. The first kappa shape index (κ1) is 15.1. The zero-order valence-electron chi connectivity index (χ0n) is 12.5. The van der Waals surface area contributed by atoms with Crippen LogP contribution in [-0.4, -0.2) is 5.11 Å². The standard InChI is InChI=1S/C19H17Cl2NO/c20-12-5-6-15(17(21)9-12)19-14-3-1-2-13(14)16-8-11(10-23)4-7-18(16)22-19/h1-2,4-9,13-14,19,22-23H,3,10H2. The molecular weight excluding hydrogens is 329 g/mol. The van der Waals surface area contributed by atoms with E-state index in [1.807, 2.05) is 24.3 Å². The third-order valence-electron chi connectivity index (χ3n) is 4.91. The number of hydrogen-bond donors (Lipinski definition) is 2. The summed E-state index contributed by atoms with van der Waals surface area (Å²) in [6.45, 7) is 0.0703. The molecule has 0 saturated heterocycles. The van der Waals surface area contributed by atoms with Crippen LogP contribution in [0.3, 0.4) is 0 Å². The third kappa shape index (κ3) is 2.55. The van der Waals surface area contributed by atoms with E-state index in [0.717, 1.165) is 23.2 Å².